The fourth-order valence-corrected chi connectivity index (χ4v) is 2.51. The van der Waals surface area contributed by atoms with Crippen LogP contribution in [0, 0.1) is 0 Å². The lowest BCUT2D eigenvalue weighted by molar-refractivity contribution is 0.132. The zero-order valence-corrected chi connectivity index (χ0v) is 10.0. The van der Waals surface area contributed by atoms with Crippen LogP contribution in [0.3, 0.4) is 0 Å². The first-order valence-corrected chi connectivity index (χ1v) is 6.38. The Morgan fingerprint density at radius 1 is 1.24 bits per heavy atom. The van der Waals surface area contributed by atoms with Gasteiger partial charge in [-0.3, -0.25) is 0 Å². The van der Waals surface area contributed by atoms with Gasteiger partial charge in [0.25, 0.3) is 0 Å². The lowest BCUT2D eigenvalue weighted by atomic mass is 10.0. The van der Waals surface area contributed by atoms with Crippen LogP contribution >= 0.6 is 0 Å². The summed E-state index contributed by atoms with van der Waals surface area (Å²) in [6, 6.07) is 10.3. The smallest absolute Gasteiger partial charge is 0.0693 e. The third-order valence-corrected chi connectivity index (χ3v) is 3.47. The van der Waals surface area contributed by atoms with Crippen molar-refractivity contribution < 1.29 is 10.2 Å². The molecule has 1 aliphatic carbocycles. The third-order valence-electron chi connectivity index (χ3n) is 3.47. The number of aliphatic hydroxyl groups excluding tert-OH is 2. The molecule has 3 heteroatoms. The van der Waals surface area contributed by atoms with E-state index in [-0.39, 0.29) is 24.8 Å². The molecular formula is C14H21NO2. The Kier molecular flexibility index (Phi) is 4.54. The van der Waals surface area contributed by atoms with Crippen molar-refractivity contribution in [1.82, 2.24) is 5.32 Å². The van der Waals surface area contributed by atoms with Gasteiger partial charge in [-0.2, -0.15) is 0 Å². The third kappa shape index (κ3) is 3.53. The highest BCUT2D eigenvalue weighted by Crippen LogP contribution is 2.19. The maximum Gasteiger partial charge on any atom is 0.0693 e. The van der Waals surface area contributed by atoms with E-state index in [1.165, 1.54) is 5.56 Å². The monoisotopic (exact) mass is 235 g/mol. The summed E-state index contributed by atoms with van der Waals surface area (Å²) in [5.74, 6) is 0. The van der Waals surface area contributed by atoms with E-state index in [2.05, 4.69) is 17.4 Å². The quantitative estimate of drug-likeness (QED) is 0.716. The van der Waals surface area contributed by atoms with Crippen LogP contribution in [0.25, 0.3) is 0 Å². The molecule has 3 nitrogen and oxygen atoms in total. The lowest BCUT2D eigenvalue weighted by Gasteiger charge is -2.23. The summed E-state index contributed by atoms with van der Waals surface area (Å²) < 4.78 is 0. The van der Waals surface area contributed by atoms with Gasteiger partial charge >= 0.3 is 0 Å². The predicted molar refractivity (Wildman–Crippen MR) is 67.8 cm³/mol. The van der Waals surface area contributed by atoms with Crippen molar-refractivity contribution in [3.8, 4) is 0 Å². The minimum atomic E-state index is -0.250. The summed E-state index contributed by atoms with van der Waals surface area (Å²) >= 11 is 0. The Morgan fingerprint density at radius 2 is 2.00 bits per heavy atom. The van der Waals surface area contributed by atoms with E-state index in [4.69, 9.17) is 0 Å². The molecule has 3 atom stereocenters. The van der Waals surface area contributed by atoms with Crippen LogP contribution in [0.5, 0.6) is 0 Å². The molecule has 0 aliphatic heterocycles. The fraction of sp³-hybridized carbons (Fsp3) is 0.571. The van der Waals surface area contributed by atoms with Gasteiger partial charge in [-0.15, -0.1) is 0 Å². The Hall–Kier alpha value is -0.900. The van der Waals surface area contributed by atoms with Crippen LogP contribution in [0.4, 0.5) is 0 Å². The van der Waals surface area contributed by atoms with Crippen LogP contribution in [-0.2, 0) is 6.42 Å². The minimum Gasteiger partial charge on any atom is -0.395 e. The molecule has 3 N–H and O–H groups in total. The maximum atomic E-state index is 9.76. The Bertz CT molecular complexity index is 328. The minimum absolute atomic E-state index is 0.0372. The first-order chi connectivity index (χ1) is 8.29. The molecule has 17 heavy (non-hydrogen) atoms. The van der Waals surface area contributed by atoms with Crippen LogP contribution < -0.4 is 5.32 Å². The van der Waals surface area contributed by atoms with Crippen molar-refractivity contribution in [2.24, 2.45) is 0 Å². The molecular weight excluding hydrogens is 214 g/mol. The number of nitrogens with one attached hydrogen (secondary N) is 1. The number of hydrogen-bond acceptors (Lipinski definition) is 3. The van der Waals surface area contributed by atoms with Gasteiger partial charge in [0.2, 0.25) is 0 Å². The highest BCUT2D eigenvalue weighted by atomic mass is 16.3. The van der Waals surface area contributed by atoms with Gasteiger partial charge in [0, 0.05) is 12.1 Å². The van der Waals surface area contributed by atoms with Gasteiger partial charge in [0.15, 0.2) is 0 Å². The van der Waals surface area contributed by atoms with E-state index in [1.54, 1.807) is 0 Å². The van der Waals surface area contributed by atoms with Crippen LogP contribution in [-0.4, -0.2) is 35.0 Å². The van der Waals surface area contributed by atoms with Gasteiger partial charge < -0.3 is 15.5 Å². The van der Waals surface area contributed by atoms with E-state index >= 15 is 0 Å². The highest BCUT2D eigenvalue weighted by Gasteiger charge is 2.26. The Balaban J connectivity index is 1.88. The average molecular weight is 235 g/mol. The van der Waals surface area contributed by atoms with Gasteiger partial charge in [-0.25, -0.2) is 0 Å². The molecule has 2 rings (SSSR count). The molecule has 1 aromatic rings. The molecule has 0 amide bonds. The second-order valence-electron chi connectivity index (χ2n) is 4.84. The highest BCUT2D eigenvalue weighted by molar-refractivity contribution is 5.16. The molecule has 94 valence electrons. The van der Waals surface area contributed by atoms with Crippen molar-refractivity contribution in [2.75, 3.05) is 6.61 Å². The molecule has 0 spiro atoms. The summed E-state index contributed by atoms with van der Waals surface area (Å²) in [6.45, 7) is 0.109. The molecule has 0 heterocycles. The van der Waals surface area contributed by atoms with Gasteiger partial charge in [0.1, 0.15) is 0 Å². The van der Waals surface area contributed by atoms with Gasteiger partial charge in [0.05, 0.1) is 12.7 Å². The first kappa shape index (κ1) is 12.6. The Morgan fingerprint density at radius 3 is 2.59 bits per heavy atom. The maximum absolute atomic E-state index is 9.76. The molecule has 1 aromatic carbocycles. The van der Waals surface area contributed by atoms with Gasteiger partial charge in [-0.05, 0) is 31.2 Å². The second-order valence-corrected chi connectivity index (χ2v) is 4.84. The lowest BCUT2D eigenvalue weighted by Crippen LogP contribution is -2.45. The molecule has 1 aliphatic rings. The average Bonchev–Trinajstić information content (AvgIpc) is 2.75. The van der Waals surface area contributed by atoms with Gasteiger partial charge in [-0.1, -0.05) is 30.3 Å². The van der Waals surface area contributed by atoms with Crippen molar-refractivity contribution in [3.63, 3.8) is 0 Å². The summed E-state index contributed by atoms with van der Waals surface area (Å²) in [7, 11) is 0. The SMILES string of the molecule is OCC(Cc1ccccc1)N[C@@H]1CCC[C@H]1O. The fourth-order valence-electron chi connectivity index (χ4n) is 2.51. The molecule has 0 saturated heterocycles. The number of benzene rings is 1. The van der Waals surface area contributed by atoms with E-state index in [9.17, 15) is 10.2 Å². The number of rotatable bonds is 5. The summed E-state index contributed by atoms with van der Waals surface area (Å²) in [5.41, 5.74) is 1.21. The van der Waals surface area contributed by atoms with Crippen LogP contribution in [0.15, 0.2) is 30.3 Å². The zero-order chi connectivity index (χ0) is 12.1. The molecule has 0 radical (unpaired) electrons. The van der Waals surface area contributed by atoms with E-state index < -0.39 is 0 Å². The van der Waals surface area contributed by atoms with Crippen LogP contribution in [0.2, 0.25) is 0 Å². The largest absolute Gasteiger partial charge is 0.395 e. The second kappa shape index (κ2) is 6.15. The number of aliphatic hydroxyl groups is 2. The van der Waals surface area contributed by atoms with Crippen molar-refractivity contribution >= 4 is 0 Å². The summed E-state index contributed by atoms with van der Waals surface area (Å²) in [5, 5.41) is 22.5. The van der Waals surface area contributed by atoms with E-state index in [0.717, 1.165) is 25.7 Å². The normalized spacial score (nSPS) is 26.0. The molecule has 1 saturated carbocycles. The Labute approximate surface area is 102 Å². The van der Waals surface area contributed by atoms with Crippen molar-refractivity contribution in [2.45, 2.75) is 43.9 Å². The van der Waals surface area contributed by atoms with E-state index in [1.807, 2.05) is 18.2 Å². The molecule has 1 unspecified atom stereocenters. The topological polar surface area (TPSA) is 52.5 Å². The van der Waals surface area contributed by atoms with Crippen molar-refractivity contribution in [1.29, 1.82) is 0 Å². The zero-order valence-electron chi connectivity index (χ0n) is 10.0. The first-order valence-electron chi connectivity index (χ1n) is 6.38. The molecule has 0 aromatic heterocycles. The standard InChI is InChI=1S/C14H21NO2/c16-10-12(9-11-5-2-1-3-6-11)15-13-7-4-8-14(13)17/h1-3,5-6,12-17H,4,7-10H2/t12?,13-,14-/m1/s1. The number of hydrogen-bond donors (Lipinski definition) is 3. The van der Waals surface area contributed by atoms with E-state index in [0.29, 0.717) is 0 Å². The molecule has 1 fully saturated rings. The van der Waals surface area contributed by atoms with Crippen LogP contribution in [0.1, 0.15) is 24.8 Å². The predicted octanol–water partition coefficient (Wildman–Crippen LogP) is 1.09. The summed E-state index contributed by atoms with van der Waals surface area (Å²) in [6.07, 6.45) is 3.51. The summed E-state index contributed by atoms with van der Waals surface area (Å²) in [4.78, 5) is 0. The molecule has 0 bridgehead atoms. The van der Waals surface area contributed by atoms with Crippen molar-refractivity contribution in [3.05, 3.63) is 35.9 Å².